The van der Waals surface area contributed by atoms with Crippen LogP contribution in [0.2, 0.25) is 0 Å². The molecule has 1 aliphatic rings. The fourth-order valence-electron chi connectivity index (χ4n) is 3.25. The number of rotatable bonds is 9. The number of ether oxygens (including phenoxy) is 3. The molecule has 0 saturated carbocycles. The highest BCUT2D eigenvalue weighted by atomic mass is 16.5. The Balaban J connectivity index is 1.47. The van der Waals surface area contributed by atoms with Crippen LogP contribution in [0.4, 0.5) is 0 Å². The zero-order chi connectivity index (χ0) is 20.5. The fourth-order valence-corrected chi connectivity index (χ4v) is 3.25. The van der Waals surface area contributed by atoms with E-state index in [9.17, 15) is 4.79 Å². The molecule has 1 aliphatic heterocycles. The molecule has 1 N–H and O–H groups in total. The number of nitrogens with zero attached hydrogens (tertiary/aromatic N) is 2. The van der Waals surface area contributed by atoms with Crippen LogP contribution in [0.3, 0.4) is 0 Å². The Bertz CT molecular complexity index is 785. The van der Waals surface area contributed by atoms with E-state index in [1.54, 1.807) is 19.5 Å². The van der Waals surface area contributed by atoms with Crippen LogP contribution >= 0.6 is 0 Å². The van der Waals surface area contributed by atoms with Crippen molar-refractivity contribution in [1.29, 1.82) is 0 Å². The number of carbonyl (C=O) groups excluding carboxylic acids is 1. The molecule has 1 atom stereocenters. The SMILES string of the molecule is CCC1CN(CC(=O)NCCCOc2cccnc2)Cc2cc(OC)ccc2O1. The first kappa shape index (κ1) is 20.9. The van der Waals surface area contributed by atoms with Crippen molar-refractivity contribution in [1.82, 2.24) is 15.2 Å². The normalized spacial score (nSPS) is 16.3. The summed E-state index contributed by atoms with van der Waals surface area (Å²) < 4.78 is 17.0. The number of benzene rings is 1. The van der Waals surface area contributed by atoms with Crippen LogP contribution in [-0.4, -0.2) is 55.2 Å². The molecule has 0 saturated heterocycles. The molecule has 3 rings (SSSR count). The third kappa shape index (κ3) is 6.35. The molecule has 2 aromatic rings. The number of carbonyl (C=O) groups is 1. The van der Waals surface area contributed by atoms with Crippen molar-refractivity contribution in [3.8, 4) is 17.2 Å². The summed E-state index contributed by atoms with van der Waals surface area (Å²) in [7, 11) is 1.65. The van der Waals surface area contributed by atoms with Crippen molar-refractivity contribution in [3.63, 3.8) is 0 Å². The van der Waals surface area contributed by atoms with E-state index in [1.165, 1.54) is 0 Å². The monoisotopic (exact) mass is 399 g/mol. The van der Waals surface area contributed by atoms with Gasteiger partial charge in [-0.3, -0.25) is 14.7 Å². The van der Waals surface area contributed by atoms with E-state index in [4.69, 9.17) is 14.2 Å². The molecular weight excluding hydrogens is 370 g/mol. The van der Waals surface area contributed by atoms with Crippen molar-refractivity contribution in [3.05, 3.63) is 48.3 Å². The summed E-state index contributed by atoms with van der Waals surface area (Å²) in [5.74, 6) is 2.41. The van der Waals surface area contributed by atoms with Gasteiger partial charge < -0.3 is 19.5 Å². The maximum absolute atomic E-state index is 12.4. The number of aromatic nitrogens is 1. The summed E-state index contributed by atoms with van der Waals surface area (Å²) in [6.07, 6.45) is 5.07. The third-order valence-electron chi connectivity index (χ3n) is 4.79. The van der Waals surface area contributed by atoms with Gasteiger partial charge in [0.25, 0.3) is 0 Å². The molecule has 0 bridgehead atoms. The van der Waals surface area contributed by atoms with E-state index in [1.807, 2.05) is 30.3 Å². The molecule has 1 aromatic carbocycles. The average molecular weight is 399 g/mol. The second-order valence-corrected chi connectivity index (χ2v) is 7.03. The topological polar surface area (TPSA) is 72.9 Å². The molecule has 0 spiro atoms. The van der Waals surface area contributed by atoms with Gasteiger partial charge in [0.1, 0.15) is 23.4 Å². The van der Waals surface area contributed by atoms with Gasteiger partial charge in [-0.15, -0.1) is 0 Å². The van der Waals surface area contributed by atoms with Gasteiger partial charge in [0.15, 0.2) is 0 Å². The molecule has 7 nitrogen and oxygen atoms in total. The van der Waals surface area contributed by atoms with Gasteiger partial charge >= 0.3 is 0 Å². The highest BCUT2D eigenvalue weighted by Crippen LogP contribution is 2.29. The number of hydrogen-bond acceptors (Lipinski definition) is 6. The lowest BCUT2D eigenvalue weighted by molar-refractivity contribution is -0.122. The molecule has 1 aromatic heterocycles. The van der Waals surface area contributed by atoms with E-state index >= 15 is 0 Å². The molecule has 0 radical (unpaired) electrons. The van der Waals surface area contributed by atoms with Crippen molar-refractivity contribution < 1.29 is 19.0 Å². The molecule has 1 amide bonds. The Kier molecular flexibility index (Phi) is 7.69. The summed E-state index contributed by atoms with van der Waals surface area (Å²) in [5, 5.41) is 2.97. The first-order chi connectivity index (χ1) is 14.2. The van der Waals surface area contributed by atoms with E-state index < -0.39 is 0 Å². The predicted molar refractivity (Wildman–Crippen MR) is 110 cm³/mol. The Labute approximate surface area is 172 Å². The van der Waals surface area contributed by atoms with Gasteiger partial charge in [0.2, 0.25) is 5.91 Å². The fraction of sp³-hybridized carbons (Fsp3) is 0.455. The zero-order valence-corrected chi connectivity index (χ0v) is 17.1. The van der Waals surface area contributed by atoms with Gasteiger partial charge in [-0.05, 0) is 43.2 Å². The molecule has 29 heavy (non-hydrogen) atoms. The van der Waals surface area contributed by atoms with E-state index in [2.05, 4.69) is 22.1 Å². The predicted octanol–water partition coefficient (Wildman–Crippen LogP) is 2.65. The minimum absolute atomic E-state index is 0.00702. The second-order valence-electron chi connectivity index (χ2n) is 7.03. The van der Waals surface area contributed by atoms with Crippen LogP contribution < -0.4 is 19.5 Å². The Hall–Kier alpha value is -2.80. The molecular formula is C22H29N3O4. The van der Waals surface area contributed by atoms with Gasteiger partial charge in [-0.2, -0.15) is 0 Å². The lowest BCUT2D eigenvalue weighted by atomic mass is 10.2. The van der Waals surface area contributed by atoms with Crippen LogP contribution in [0.15, 0.2) is 42.7 Å². The van der Waals surface area contributed by atoms with Crippen LogP contribution in [-0.2, 0) is 11.3 Å². The third-order valence-corrected chi connectivity index (χ3v) is 4.79. The molecule has 0 aliphatic carbocycles. The quantitative estimate of drug-likeness (QED) is 0.654. The van der Waals surface area contributed by atoms with Gasteiger partial charge in [0, 0.05) is 31.4 Å². The van der Waals surface area contributed by atoms with E-state index in [0.717, 1.165) is 35.7 Å². The minimum Gasteiger partial charge on any atom is -0.497 e. The second kappa shape index (κ2) is 10.7. The lowest BCUT2D eigenvalue weighted by Crippen LogP contribution is -2.40. The average Bonchev–Trinajstić information content (AvgIpc) is 2.92. The van der Waals surface area contributed by atoms with Crippen LogP contribution in [0.1, 0.15) is 25.3 Å². The van der Waals surface area contributed by atoms with Crippen molar-refractivity contribution >= 4 is 5.91 Å². The highest BCUT2D eigenvalue weighted by molar-refractivity contribution is 5.78. The molecule has 1 unspecified atom stereocenters. The standard InChI is InChI=1S/C22H29N3O4/c1-3-18-15-25(14-17-12-19(27-2)7-8-21(17)29-18)16-22(26)24-10-5-11-28-20-6-4-9-23-13-20/h4,6-9,12-13,18H,3,5,10-11,14-16H2,1-2H3,(H,24,26). The smallest absolute Gasteiger partial charge is 0.234 e. The van der Waals surface area contributed by atoms with Crippen LogP contribution in [0, 0.1) is 0 Å². The first-order valence-electron chi connectivity index (χ1n) is 10.0. The summed E-state index contributed by atoms with van der Waals surface area (Å²) in [5.41, 5.74) is 1.04. The minimum atomic E-state index is 0.00702. The molecule has 156 valence electrons. The van der Waals surface area contributed by atoms with Crippen molar-refractivity contribution in [2.45, 2.75) is 32.4 Å². The lowest BCUT2D eigenvalue weighted by Gasteiger charge is -2.22. The Morgan fingerprint density at radius 3 is 3.00 bits per heavy atom. The van der Waals surface area contributed by atoms with Crippen LogP contribution in [0.25, 0.3) is 0 Å². The maximum atomic E-state index is 12.4. The summed E-state index contributed by atoms with van der Waals surface area (Å²) in [4.78, 5) is 18.5. The number of nitrogens with one attached hydrogen (secondary N) is 1. The Morgan fingerprint density at radius 2 is 2.24 bits per heavy atom. The summed E-state index contributed by atoms with van der Waals surface area (Å²) >= 11 is 0. The molecule has 7 heteroatoms. The zero-order valence-electron chi connectivity index (χ0n) is 17.1. The van der Waals surface area contributed by atoms with E-state index in [0.29, 0.717) is 32.8 Å². The number of methoxy groups -OCH3 is 1. The van der Waals surface area contributed by atoms with Gasteiger partial charge in [-0.1, -0.05) is 6.92 Å². The summed E-state index contributed by atoms with van der Waals surface area (Å²) in [6, 6.07) is 9.53. The number of hydrogen-bond donors (Lipinski definition) is 1. The largest absolute Gasteiger partial charge is 0.497 e. The Morgan fingerprint density at radius 1 is 1.34 bits per heavy atom. The number of amides is 1. The molecule has 2 heterocycles. The van der Waals surface area contributed by atoms with E-state index in [-0.39, 0.29) is 12.0 Å². The summed E-state index contributed by atoms with van der Waals surface area (Å²) in [6.45, 7) is 4.91. The van der Waals surface area contributed by atoms with Crippen molar-refractivity contribution in [2.24, 2.45) is 0 Å². The first-order valence-corrected chi connectivity index (χ1v) is 10.0. The maximum Gasteiger partial charge on any atom is 0.234 e. The van der Waals surface area contributed by atoms with Gasteiger partial charge in [-0.25, -0.2) is 0 Å². The molecule has 0 fully saturated rings. The highest BCUT2D eigenvalue weighted by Gasteiger charge is 2.23. The number of pyridine rings is 1. The van der Waals surface area contributed by atoms with Crippen LogP contribution in [0.5, 0.6) is 17.2 Å². The van der Waals surface area contributed by atoms with Crippen molar-refractivity contribution in [2.75, 3.05) is 33.4 Å². The van der Waals surface area contributed by atoms with Gasteiger partial charge in [0.05, 0.1) is 26.5 Å². The number of fused-ring (bicyclic) bond motifs is 1.